The highest BCUT2D eigenvalue weighted by atomic mass is 16.5. The van der Waals surface area contributed by atoms with Crippen LogP contribution in [0.15, 0.2) is 54.9 Å². The summed E-state index contributed by atoms with van der Waals surface area (Å²) >= 11 is 0. The van der Waals surface area contributed by atoms with Gasteiger partial charge in [0.25, 0.3) is 0 Å². The molecule has 0 radical (unpaired) electrons. The fourth-order valence-corrected chi connectivity index (χ4v) is 4.71. The molecule has 2 aromatic heterocycles. The number of carbonyl (C=O) groups excluding carboxylic acids is 1. The Labute approximate surface area is 222 Å². The second kappa shape index (κ2) is 10.7. The summed E-state index contributed by atoms with van der Waals surface area (Å²) in [6, 6.07) is 13.8. The van der Waals surface area contributed by atoms with E-state index in [-0.39, 0.29) is 17.9 Å². The quantitative estimate of drug-likeness (QED) is 0.339. The number of hydrogen-bond donors (Lipinski definition) is 2. The molecule has 0 unspecified atom stereocenters. The fourth-order valence-electron chi connectivity index (χ4n) is 4.71. The van der Waals surface area contributed by atoms with Gasteiger partial charge in [-0.15, -0.1) is 0 Å². The predicted octanol–water partition coefficient (Wildman–Crippen LogP) is 5.06. The van der Waals surface area contributed by atoms with E-state index in [1.54, 1.807) is 13.3 Å². The molecule has 2 N–H and O–H groups in total. The van der Waals surface area contributed by atoms with E-state index in [1.165, 1.54) is 0 Å². The molecule has 1 saturated heterocycles. The summed E-state index contributed by atoms with van der Waals surface area (Å²) in [5.74, 6) is 1.28. The molecule has 9 nitrogen and oxygen atoms in total. The maximum Gasteiger partial charge on any atom is 0.227 e. The van der Waals surface area contributed by atoms with Crippen molar-refractivity contribution in [2.24, 2.45) is 13.0 Å². The van der Waals surface area contributed by atoms with Gasteiger partial charge in [0.1, 0.15) is 17.6 Å². The van der Waals surface area contributed by atoms with Crippen molar-refractivity contribution in [3.05, 3.63) is 54.9 Å². The Morgan fingerprint density at radius 1 is 1.11 bits per heavy atom. The molecule has 0 aliphatic carbocycles. The third-order valence-corrected chi connectivity index (χ3v) is 6.80. The van der Waals surface area contributed by atoms with E-state index in [2.05, 4.69) is 50.5 Å². The number of amides is 1. The summed E-state index contributed by atoms with van der Waals surface area (Å²) in [6.45, 7) is 5.52. The topological polar surface area (TPSA) is 93.5 Å². The highest BCUT2D eigenvalue weighted by Crippen LogP contribution is 2.39. The first-order valence-electron chi connectivity index (χ1n) is 12.8. The molecule has 2 aromatic carbocycles. The van der Waals surface area contributed by atoms with E-state index in [0.29, 0.717) is 28.8 Å². The molecule has 1 aliphatic rings. The predicted molar refractivity (Wildman–Crippen MR) is 150 cm³/mol. The van der Waals surface area contributed by atoms with Crippen molar-refractivity contribution in [1.82, 2.24) is 19.4 Å². The van der Waals surface area contributed by atoms with Crippen LogP contribution in [0.2, 0.25) is 0 Å². The van der Waals surface area contributed by atoms with Crippen molar-refractivity contribution in [3.8, 4) is 22.8 Å². The van der Waals surface area contributed by atoms with Crippen molar-refractivity contribution < 1.29 is 14.3 Å². The fraction of sp³-hybridized carbons (Fsp3) is 0.345. The van der Waals surface area contributed by atoms with Gasteiger partial charge in [0, 0.05) is 61.0 Å². The molecule has 0 spiro atoms. The van der Waals surface area contributed by atoms with Crippen molar-refractivity contribution in [3.63, 3.8) is 0 Å². The lowest BCUT2D eigenvalue weighted by molar-refractivity contribution is -0.118. The normalized spacial score (nSPS) is 15.7. The molecule has 1 amide bonds. The monoisotopic (exact) mass is 514 g/mol. The van der Waals surface area contributed by atoms with E-state index in [9.17, 15) is 4.79 Å². The number of nitrogens with zero attached hydrogens (tertiary/aromatic N) is 4. The number of aryl methyl sites for hydroxylation is 1. The van der Waals surface area contributed by atoms with Crippen molar-refractivity contribution in [2.45, 2.75) is 26.4 Å². The lowest BCUT2D eigenvalue weighted by Gasteiger charge is -2.21. The molecule has 4 aromatic rings. The van der Waals surface area contributed by atoms with Gasteiger partial charge in [0.15, 0.2) is 0 Å². The van der Waals surface area contributed by atoms with Crippen molar-refractivity contribution >= 4 is 34.1 Å². The Bertz CT molecular complexity index is 1460. The summed E-state index contributed by atoms with van der Waals surface area (Å²) in [6.07, 6.45) is 4.77. The van der Waals surface area contributed by atoms with E-state index in [4.69, 9.17) is 14.5 Å². The second-order valence-corrected chi connectivity index (χ2v) is 10.0. The first kappa shape index (κ1) is 25.5. The standard InChI is InChI=1S/C29H34N6O3/c1-18(2)28(36)31-24-14-23(26(37-5)15-27(24)38-19-11-13-34(3)16-19)33-29-30-12-10-22(32-29)21-17-35(4)25-9-7-6-8-20(21)25/h6-10,12,14-15,17-19H,11,13,16H2,1-5H3,(H,31,36)(H,30,32,33)/t19-/m0/s1. The SMILES string of the molecule is COc1cc(O[C@H]2CCN(C)C2)c(NC(=O)C(C)C)cc1Nc1nccc(-c2cn(C)c3ccccc23)n1. The number of anilines is 3. The number of para-hydroxylation sites is 1. The molecule has 3 heterocycles. The van der Waals surface area contributed by atoms with Crippen molar-refractivity contribution in [2.75, 3.05) is 37.9 Å². The van der Waals surface area contributed by atoms with Crippen LogP contribution in [0.3, 0.4) is 0 Å². The van der Waals surface area contributed by atoms with Gasteiger partial charge in [-0.05, 0) is 31.7 Å². The lowest BCUT2D eigenvalue weighted by Crippen LogP contribution is -2.23. The van der Waals surface area contributed by atoms with Crippen LogP contribution in [0.25, 0.3) is 22.2 Å². The number of fused-ring (bicyclic) bond motifs is 1. The zero-order chi connectivity index (χ0) is 26.8. The van der Waals surface area contributed by atoms with Gasteiger partial charge in [0.2, 0.25) is 11.9 Å². The van der Waals surface area contributed by atoms with E-state index in [1.807, 2.05) is 51.2 Å². The Morgan fingerprint density at radius 2 is 1.92 bits per heavy atom. The molecule has 9 heteroatoms. The Kier molecular flexibility index (Phi) is 7.20. The van der Waals surface area contributed by atoms with Crippen LogP contribution in [-0.4, -0.2) is 58.7 Å². The smallest absolute Gasteiger partial charge is 0.227 e. The van der Waals surface area contributed by atoms with Gasteiger partial charge in [0.05, 0.1) is 24.2 Å². The summed E-state index contributed by atoms with van der Waals surface area (Å²) in [4.78, 5) is 24.1. The molecule has 5 rings (SSSR count). The third-order valence-electron chi connectivity index (χ3n) is 6.80. The minimum absolute atomic E-state index is 0.0407. The molecular formula is C29H34N6O3. The van der Waals surface area contributed by atoms with Gasteiger partial charge in [-0.25, -0.2) is 9.97 Å². The van der Waals surface area contributed by atoms with E-state index < -0.39 is 0 Å². The largest absolute Gasteiger partial charge is 0.494 e. The number of ether oxygens (including phenoxy) is 2. The summed E-state index contributed by atoms with van der Waals surface area (Å²) in [5.41, 5.74) is 4.16. The minimum atomic E-state index is -0.181. The van der Waals surface area contributed by atoms with E-state index in [0.717, 1.165) is 41.7 Å². The first-order chi connectivity index (χ1) is 18.3. The molecular weight excluding hydrogens is 480 g/mol. The number of carbonyl (C=O) groups is 1. The van der Waals surface area contributed by atoms with Crippen LogP contribution in [0, 0.1) is 5.92 Å². The maximum atomic E-state index is 12.6. The molecule has 0 bridgehead atoms. The van der Waals surface area contributed by atoms with E-state index >= 15 is 0 Å². The zero-order valence-electron chi connectivity index (χ0n) is 22.5. The molecule has 1 atom stereocenters. The number of aromatic nitrogens is 3. The number of methoxy groups -OCH3 is 1. The highest BCUT2D eigenvalue weighted by Gasteiger charge is 2.24. The molecule has 1 fully saturated rings. The van der Waals surface area contributed by atoms with Gasteiger partial charge >= 0.3 is 0 Å². The first-order valence-corrected chi connectivity index (χ1v) is 12.8. The average Bonchev–Trinajstić information content (AvgIpc) is 3.48. The maximum absolute atomic E-state index is 12.6. The molecule has 38 heavy (non-hydrogen) atoms. The van der Waals surface area contributed by atoms with Crippen LogP contribution >= 0.6 is 0 Å². The summed E-state index contributed by atoms with van der Waals surface area (Å²) in [7, 11) is 5.70. The van der Waals surface area contributed by atoms with Crippen molar-refractivity contribution in [1.29, 1.82) is 0 Å². The number of likely N-dealkylation sites (tertiary alicyclic amines) is 1. The van der Waals surface area contributed by atoms with Crippen LogP contribution in [0.5, 0.6) is 11.5 Å². The van der Waals surface area contributed by atoms with Crippen LogP contribution < -0.4 is 20.1 Å². The van der Waals surface area contributed by atoms with Gasteiger partial charge in [-0.1, -0.05) is 32.0 Å². The summed E-state index contributed by atoms with van der Waals surface area (Å²) < 4.78 is 14.1. The lowest BCUT2D eigenvalue weighted by atomic mass is 10.1. The number of hydrogen-bond acceptors (Lipinski definition) is 7. The molecule has 198 valence electrons. The number of benzene rings is 2. The highest BCUT2D eigenvalue weighted by molar-refractivity contribution is 5.96. The zero-order valence-corrected chi connectivity index (χ0v) is 22.5. The second-order valence-electron chi connectivity index (χ2n) is 10.0. The third kappa shape index (κ3) is 5.28. The molecule has 0 saturated carbocycles. The van der Waals surface area contributed by atoms with Crippen LogP contribution in [0.4, 0.5) is 17.3 Å². The number of likely N-dealkylation sites (N-methyl/N-ethyl adjacent to an activating group) is 1. The number of rotatable bonds is 8. The Balaban J connectivity index is 1.49. The minimum Gasteiger partial charge on any atom is -0.494 e. The van der Waals surface area contributed by atoms with Gasteiger partial charge in [-0.2, -0.15) is 0 Å². The van der Waals surface area contributed by atoms with Crippen LogP contribution in [-0.2, 0) is 11.8 Å². The summed E-state index contributed by atoms with van der Waals surface area (Å²) in [5, 5.41) is 7.43. The number of nitrogens with one attached hydrogen (secondary N) is 2. The van der Waals surface area contributed by atoms with Crippen LogP contribution in [0.1, 0.15) is 20.3 Å². The Hall–Kier alpha value is -4.11. The average molecular weight is 515 g/mol. The molecule has 1 aliphatic heterocycles. The van der Waals surface area contributed by atoms with Gasteiger partial charge < -0.3 is 29.6 Å². The Morgan fingerprint density at radius 3 is 2.66 bits per heavy atom. The van der Waals surface area contributed by atoms with Gasteiger partial charge in [-0.3, -0.25) is 4.79 Å².